The Hall–Kier alpha value is -1.58. The molecule has 0 aliphatic rings. The van der Waals surface area contributed by atoms with E-state index in [1.807, 2.05) is 30.9 Å². The van der Waals surface area contributed by atoms with Crippen molar-refractivity contribution in [3.63, 3.8) is 0 Å². The minimum Gasteiger partial charge on any atom is -0.384 e. The summed E-state index contributed by atoms with van der Waals surface area (Å²) in [7, 11) is 0. The highest BCUT2D eigenvalue weighted by Crippen LogP contribution is 2.03. The highest BCUT2D eigenvalue weighted by Gasteiger charge is 2.07. The van der Waals surface area contributed by atoms with Gasteiger partial charge in [-0.3, -0.25) is 9.78 Å². The normalized spacial score (nSPS) is 9.88. The van der Waals surface area contributed by atoms with Gasteiger partial charge in [-0.1, -0.05) is 0 Å². The van der Waals surface area contributed by atoms with E-state index in [9.17, 15) is 4.79 Å². The number of nitrogens with one attached hydrogen (secondary N) is 1. The number of anilines is 1. The Kier molecular flexibility index (Phi) is 5.32. The maximum absolute atomic E-state index is 11.7. The number of aromatic nitrogens is 1. The molecule has 0 bridgehead atoms. The topological polar surface area (TPSA) is 45.2 Å². The first kappa shape index (κ1) is 12.5. The highest BCUT2D eigenvalue weighted by molar-refractivity contribution is 5.76. The first-order valence-corrected chi connectivity index (χ1v) is 5.69. The summed E-state index contributed by atoms with van der Waals surface area (Å²) in [6.45, 7) is 6.23. The Morgan fingerprint density at radius 1 is 1.31 bits per heavy atom. The SMILES string of the molecule is CCN(CC)C(=O)CCNc1ccncc1. The van der Waals surface area contributed by atoms with Crippen LogP contribution in [0.2, 0.25) is 0 Å². The summed E-state index contributed by atoms with van der Waals surface area (Å²) >= 11 is 0. The van der Waals surface area contributed by atoms with Crippen molar-refractivity contribution in [3.8, 4) is 0 Å². The van der Waals surface area contributed by atoms with E-state index in [4.69, 9.17) is 0 Å². The van der Waals surface area contributed by atoms with Crippen molar-refractivity contribution in [1.29, 1.82) is 0 Å². The summed E-state index contributed by atoms with van der Waals surface area (Å²) in [6, 6.07) is 3.78. The largest absolute Gasteiger partial charge is 0.384 e. The Morgan fingerprint density at radius 2 is 1.94 bits per heavy atom. The molecular formula is C12H19N3O. The molecule has 1 amide bonds. The van der Waals surface area contributed by atoms with Crippen LogP contribution < -0.4 is 5.32 Å². The molecule has 0 unspecified atom stereocenters. The van der Waals surface area contributed by atoms with E-state index in [2.05, 4.69) is 10.3 Å². The van der Waals surface area contributed by atoms with Gasteiger partial charge in [-0.25, -0.2) is 0 Å². The van der Waals surface area contributed by atoms with Crippen LogP contribution in [-0.2, 0) is 4.79 Å². The molecule has 88 valence electrons. The van der Waals surface area contributed by atoms with E-state index in [1.54, 1.807) is 12.4 Å². The van der Waals surface area contributed by atoms with Crippen molar-refractivity contribution < 1.29 is 4.79 Å². The second-order valence-electron chi connectivity index (χ2n) is 3.48. The third-order valence-corrected chi connectivity index (χ3v) is 2.46. The summed E-state index contributed by atoms with van der Waals surface area (Å²) < 4.78 is 0. The average Bonchev–Trinajstić information content (AvgIpc) is 2.32. The second-order valence-corrected chi connectivity index (χ2v) is 3.48. The second kappa shape index (κ2) is 6.82. The number of hydrogen-bond acceptors (Lipinski definition) is 3. The number of hydrogen-bond donors (Lipinski definition) is 1. The molecule has 0 aromatic carbocycles. The summed E-state index contributed by atoms with van der Waals surface area (Å²) in [5.41, 5.74) is 1.00. The molecule has 0 atom stereocenters. The predicted octanol–water partition coefficient (Wildman–Crippen LogP) is 1.75. The van der Waals surface area contributed by atoms with Crippen molar-refractivity contribution in [1.82, 2.24) is 9.88 Å². The van der Waals surface area contributed by atoms with Gasteiger partial charge in [0.2, 0.25) is 5.91 Å². The molecule has 1 aromatic heterocycles. The Bertz CT molecular complexity index is 309. The number of carbonyl (C=O) groups is 1. The Morgan fingerprint density at radius 3 is 2.50 bits per heavy atom. The molecule has 4 heteroatoms. The fourth-order valence-corrected chi connectivity index (χ4v) is 1.52. The lowest BCUT2D eigenvalue weighted by molar-refractivity contribution is -0.130. The third-order valence-electron chi connectivity index (χ3n) is 2.46. The lowest BCUT2D eigenvalue weighted by Gasteiger charge is -2.18. The van der Waals surface area contributed by atoms with Crippen LogP contribution in [0.5, 0.6) is 0 Å². The van der Waals surface area contributed by atoms with E-state index in [0.29, 0.717) is 13.0 Å². The van der Waals surface area contributed by atoms with E-state index in [0.717, 1.165) is 18.8 Å². The molecule has 0 radical (unpaired) electrons. The maximum atomic E-state index is 11.7. The minimum absolute atomic E-state index is 0.201. The van der Waals surface area contributed by atoms with E-state index >= 15 is 0 Å². The lowest BCUT2D eigenvalue weighted by Crippen LogP contribution is -2.31. The van der Waals surface area contributed by atoms with Gasteiger partial charge in [0.15, 0.2) is 0 Å². The molecule has 4 nitrogen and oxygen atoms in total. The minimum atomic E-state index is 0.201. The molecule has 16 heavy (non-hydrogen) atoms. The molecule has 0 aliphatic carbocycles. The number of nitrogens with zero attached hydrogens (tertiary/aromatic N) is 2. The van der Waals surface area contributed by atoms with Crippen LogP contribution in [0, 0.1) is 0 Å². The summed E-state index contributed by atoms with van der Waals surface area (Å²) in [5, 5.41) is 3.19. The smallest absolute Gasteiger partial charge is 0.224 e. The fourth-order valence-electron chi connectivity index (χ4n) is 1.52. The molecule has 0 saturated heterocycles. The standard InChI is InChI=1S/C12H19N3O/c1-3-15(4-2)12(16)7-10-14-11-5-8-13-9-6-11/h5-6,8-9H,3-4,7,10H2,1-2H3,(H,13,14). The highest BCUT2D eigenvalue weighted by atomic mass is 16.2. The zero-order chi connectivity index (χ0) is 11.8. The molecule has 1 rings (SSSR count). The van der Waals surface area contributed by atoms with Crippen molar-refractivity contribution in [2.24, 2.45) is 0 Å². The van der Waals surface area contributed by atoms with Crippen molar-refractivity contribution in [3.05, 3.63) is 24.5 Å². The number of pyridine rings is 1. The van der Waals surface area contributed by atoms with Gasteiger partial charge in [0.25, 0.3) is 0 Å². The monoisotopic (exact) mass is 221 g/mol. The van der Waals surface area contributed by atoms with E-state index in [-0.39, 0.29) is 5.91 Å². The molecule has 0 spiro atoms. The molecule has 1 N–H and O–H groups in total. The van der Waals surface area contributed by atoms with Gasteiger partial charge in [-0.2, -0.15) is 0 Å². The van der Waals surface area contributed by atoms with Crippen LogP contribution in [-0.4, -0.2) is 35.4 Å². The van der Waals surface area contributed by atoms with Crippen LogP contribution in [0.25, 0.3) is 0 Å². The predicted molar refractivity (Wildman–Crippen MR) is 65.3 cm³/mol. The summed E-state index contributed by atoms with van der Waals surface area (Å²) in [6.07, 6.45) is 3.99. The third kappa shape index (κ3) is 3.88. The van der Waals surface area contributed by atoms with Gasteiger partial charge in [0, 0.05) is 44.1 Å². The van der Waals surface area contributed by atoms with Gasteiger partial charge < -0.3 is 10.2 Å². The Labute approximate surface area is 96.7 Å². The molecular weight excluding hydrogens is 202 g/mol. The van der Waals surface area contributed by atoms with Crippen molar-refractivity contribution in [2.45, 2.75) is 20.3 Å². The van der Waals surface area contributed by atoms with Gasteiger partial charge in [-0.05, 0) is 26.0 Å². The van der Waals surface area contributed by atoms with Gasteiger partial charge >= 0.3 is 0 Å². The van der Waals surface area contributed by atoms with Crippen LogP contribution >= 0.6 is 0 Å². The molecule has 0 aliphatic heterocycles. The Balaban J connectivity index is 2.28. The maximum Gasteiger partial charge on any atom is 0.224 e. The summed E-state index contributed by atoms with van der Waals surface area (Å²) in [4.78, 5) is 17.4. The molecule has 0 saturated carbocycles. The van der Waals surface area contributed by atoms with Crippen LogP contribution in [0.15, 0.2) is 24.5 Å². The number of carbonyl (C=O) groups excluding carboxylic acids is 1. The fraction of sp³-hybridized carbons (Fsp3) is 0.500. The lowest BCUT2D eigenvalue weighted by atomic mass is 10.3. The first-order valence-electron chi connectivity index (χ1n) is 5.69. The zero-order valence-electron chi connectivity index (χ0n) is 9.94. The van der Waals surface area contributed by atoms with Gasteiger partial charge in [0.05, 0.1) is 0 Å². The van der Waals surface area contributed by atoms with Crippen LogP contribution in [0.4, 0.5) is 5.69 Å². The van der Waals surface area contributed by atoms with Gasteiger partial charge in [0.1, 0.15) is 0 Å². The van der Waals surface area contributed by atoms with Gasteiger partial charge in [-0.15, -0.1) is 0 Å². The number of rotatable bonds is 6. The van der Waals surface area contributed by atoms with Crippen LogP contribution in [0.1, 0.15) is 20.3 Å². The molecule has 1 aromatic rings. The first-order chi connectivity index (χ1) is 7.77. The summed E-state index contributed by atoms with van der Waals surface area (Å²) in [5.74, 6) is 0.201. The quantitative estimate of drug-likeness (QED) is 0.796. The molecule has 1 heterocycles. The zero-order valence-corrected chi connectivity index (χ0v) is 9.94. The average molecular weight is 221 g/mol. The van der Waals surface area contributed by atoms with Crippen molar-refractivity contribution in [2.75, 3.05) is 25.0 Å². The van der Waals surface area contributed by atoms with Crippen molar-refractivity contribution >= 4 is 11.6 Å². The van der Waals surface area contributed by atoms with E-state index < -0.39 is 0 Å². The van der Waals surface area contributed by atoms with E-state index in [1.165, 1.54) is 0 Å². The van der Waals surface area contributed by atoms with Crippen LogP contribution in [0.3, 0.4) is 0 Å². The molecule has 0 fully saturated rings. The number of amides is 1.